The van der Waals surface area contributed by atoms with Gasteiger partial charge in [0.15, 0.2) is 0 Å². The fourth-order valence-electron chi connectivity index (χ4n) is 2.57. The summed E-state index contributed by atoms with van der Waals surface area (Å²) in [6, 6.07) is 7.64. The van der Waals surface area contributed by atoms with Crippen LogP contribution in [0.1, 0.15) is 54.5 Å². The average Bonchev–Trinajstić information content (AvgIpc) is 2.98. The summed E-state index contributed by atoms with van der Waals surface area (Å²) < 4.78 is 23.2. The van der Waals surface area contributed by atoms with Gasteiger partial charge in [-0.05, 0) is 43.2 Å². The van der Waals surface area contributed by atoms with Crippen LogP contribution >= 0.6 is 11.3 Å². The number of hydrogen-bond donors (Lipinski definition) is 2. The van der Waals surface area contributed by atoms with E-state index in [4.69, 9.17) is 5.14 Å². The number of benzene rings is 1. The van der Waals surface area contributed by atoms with Gasteiger partial charge in [-0.3, -0.25) is 9.59 Å². The predicted molar refractivity (Wildman–Crippen MR) is 115 cm³/mol. The number of carbonyl (C=O) groups is 2. The van der Waals surface area contributed by atoms with Gasteiger partial charge in [0.05, 0.1) is 20.8 Å². The monoisotopic (exact) mass is 437 g/mol. The molecule has 0 saturated carbocycles. The molecule has 0 aliphatic carbocycles. The van der Waals surface area contributed by atoms with Crippen LogP contribution in [0.15, 0.2) is 35.2 Å². The number of anilines is 1. The van der Waals surface area contributed by atoms with Gasteiger partial charge in [0.25, 0.3) is 5.91 Å². The standard InChI is InChI=1S/C20H27N3O4S2/c1-12-10-16(22-19(25)20(3,4)5)28-17(12)18(24)23(6)13(2)14-8-7-9-15(11-14)29(21,26)27/h7-11,13H,1-6H3,(H,22,25)(H2,21,26,27). The quantitative estimate of drug-likeness (QED) is 0.746. The lowest BCUT2D eigenvalue weighted by atomic mass is 9.96. The van der Waals surface area contributed by atoms with E-state index in [1.54, 1.807) is 25.2 Å². The Hall–Kier alpha value is -2.23. The van der Waals surface area contributed by atoms with Crippen molar-refractivity contribution in [3.63, 3.8) is 0 Å². The summed E-state index contributed by atoms with van der Waals surface area (Å²) in [6.07, 6.45) is 0. The number of nitrogens with zero attached hydrogens (tertiary/aromatic N) is 1. The molecule has 158 valence electrons. The van der Waals surface area contributed by atoms with Crippen molar-refractivity contribution in [1.29, 1.82) is 0 Å². The van der Waals surface area contributed by atoms with Crippen molar-refractivity contribution >= 4 is 38.2 Å². The molecule has 9 heteroatoms. The predicted octanol–water partition coefficient (Wildman–Crippen LogP) is 3.52. The molecule has 1 atom stereocenters. The molecule has 2 amide bonds. The van der Waals surface area contributed by atoms with Crippen LogP contribution in [0.3, 0.4) is 0 Å². The Labute approximate surface area is 176 Å². The van der Waals surface area contributed by atoms with Crippen LogP contribution in [0.2, 0.25) is 0 Å². The molecule has 1 unspecified atom stereocenters. The molecule has 0 aliphatic rings. The maximum absolute atomic E-state index is 13.0. The summed E-state index contributed by atoms with van der Waals surface area (Å²) in [4.78, 5) is 27.3. The Morgan fingerprint density at radius 1 is 1.21 bits per heavy atom. The molecule has 0 saturated heterocycles. The van der Waals surface area contributed by atoms with E-state index in [2.05, 4.69) is 5.32 Å². The lowest BCUT2D eigenvalue weighted by Gasteiger charge is -2.25. The Morgan fingerprint density at radius 2 is 1.83 bits per heavy atom. The lowest BCUT2D eigenvalue weighted by molar-refractivity contribution is -0.123. The normalized spacial score (nSPS) is 13.1. The highest BCUT2D eigenvalue weighted by Crippen LogP contribution is 2.31. The molecule has 0 spiro atoms. The summed E-state index contributed by atoms with van der Waals surface area (Å²) >= 11 is 1.22. The zero-order valence-electron chi connectivity index (χ0n) is 17.4. The number of carbonyl (C=O) groups excluding carboxylic acids is 2. The number of amides is 2. The van der Waals surface area contributed by atoms with Crippen LogP contribution in [0.5, 0.6) is 0 Å². The van der Waals surface area contributed by atoms with Crippen LogP contribution in [0.25, 0.3) is 0 Å². The Kier molecular flexibility index (Phi) is 6.56. The molecule has 29 heavy (non-hydrogen) atoms. The van der Waals surface area contributed by atoms with Crippen LogP contribution in [0, 0.1) is 12.3 Å². The fourth-order valence-corrected chi connectivity index (χ4v) is 4.19. The highest BCUT2D eigenvalue weighted by molar-refractivity contribution is 7.89. The Bertz CT molecular complexity index is 1040. The smallest absolute Gasteiger partial charge is 0.264 e. The summed E-state index contributed by atoms with van der Waals surface area (Å²) in [5.41, 5.74) is 0.881. The second-order valence-electron chi connectivity index (χ2n) is 8.04. The zero-order chi connectivity index (χ0) is 22.1. The third-order valence-corrected chi connectivity index (χ3v) is 6.65. The number of sulfonamides is 1. The minimum atomic E-state index is -3.83. The molecule has 0 radical (unpaired) electrons. The minimum absolute atomic E-state index is 0.00202. The number of nitrogens with two attached hydrogens (primary N) is 1. The molecule has 0 fully saturated rings. The van der Waals surface area contributed by atoms with Crippen LogP contribution in [-0.4, -0.2) is 32.2 Å². The molecule has 1 aromatic heterocycles. The van der Waals surface area contributed by atoms with Gasteiger partial charge >= 0.3 is 0 Å². The third kappa shape index (κ3) is 5.43. The molecule has 7 nitrogen and oxygen atoms in total. The first-order chi connectivity index (χ1) is 13.2. The molecule has 3 N–H and O–H groups in total. The minimum Gasteiger partial charge on any atom is -0.334 e. The van der Waals surface area contributed by atoms with Crippen LogP contribution in [-0.2, 0) is 14.8 Å². The maximum atomic E-state index is 13.0. The van der Waals surface area contributed by atoms with Crippen molar-refractivity contribution in [1.82, 2.24) is 4.90 Å². The van der Waals surface area contributed by atoms with Gasteiger partial charge in [-0.15, -0.1) is 11.3 Å². The van der Waals surface area contributed by atoms with Crippen molar-refractivity contribution in [2.45, 2.75) is 45.6 Å². The molecule has 0 aliphatic heterocycles. The first-order valence-electron chi connectivity index (χ1n) is 9.03. The SMILES string of the molecule is Cc1cc(NC(=O)C(C)(C)C)sc1C(=O)N(C)C(C)c1cccc(S(N)(=O)=O)c1. The van der Waals surface area contributed by atoms with Gasteiger partial charge in [-0.25, -0.2) is 13.6 Å². The number of nitrogens with one attached hydrogen (secondary N) is 1. The van der Waals surface area contributed by atoms with Gasteiger partial charge in [-0.2, -0.15) is 0 Å². The lowest BCUT2D eigenvalue weighted by Crippen LogP contribution is -2.29. The van der Waals surface area contributed by atoms with Crippen molar-refractivity contribution < 1.29 is 18.0 Å². The third-order valence-electron chi connectivity index (χ3n) is 4.60. The fraction of sp³-hybridized carbons (Fsp3) is 0.400. The molecule has 1 heterocycles. The van der Waals surface area contributed by atoms with Gasteiger partial charge in [0, 0.05) is 12.5 Å². The van der Waals surface area contributed by atoms with Crippen molar-refractivity contribution in [2.75, 3.05) is 12.4 Å². The number of hydrogen-bond acceptors (Lipinski definition) is 5. The van der Waals surface area contributed by atoms with E-state index >= 15 is 0 Å². The van der Waals surface area contributed by atoms with E-state index < -0.39 is 15.4 Å². The van der Waals surface area contributed by atoms with E-state index in [0.717, 1.165) is 5.56 Å². The number of rotatable bonds is 5. The largest absolute Gasteiger partial charge is 0.334 e. The maximum Gasteiger partial charge on any atom is 0.264 e. The van der Waals surface area contributed by atoms with Crippen LogP contribution < -0.4 is 10.5 Å². The summed E-state index contributed by atoms with van der Waals surface area (Å²) in [5, 5.41) is 8.67. The number of primary sulfonamides is 1. The van der Waals surface area contributed by atoms with Gasteiger partial charge < -0.3 is 10.2 Å². The molecule has 2 rings (SSSR count). The highest BCUT2D eigenvalue weighted by atomic mass is 32.2. The highest BCUT2D eigenvalue weighted by Gasteiger charge is 2.26. The Balaban J connectivity index is 2.25. The summed E-state index contributed by atoms with van der Waals surface area (Å²) in [6.45, 7) is 9.09. The van der Waals surface area contributed by atoms with E-state index in [9.17, 15) is 18.0 Å². The van der Waals surface area contributed by atoms with E-state index in [-0.39, 0.29) is 22.8 Å². The summed E-state index contributed by atoms with van der Waals surface area (Å²) in [5.74, 6) is -0.337. The van der Waals surface area contributed by atoms with Crippen LogP contribution in [0.4, 0.5) is 5.00 Å². The van der Waals surface area contributed by atoms with Gasteiger partial charge in [0.1, 0.15) is 0 Å². The first kappa shape index (κ1) is 23.1. The van der Waals surface area contributed by atoms with E-state index in [0.29, 0.717) is 15.4 Å². The zero-order valence-corrected chi connectivity index (χ0v) is 19.1. The van der Waals surface area contributed by atoms with Crippen molar-refractivity contribution in [2.24, 2.45) is 10.6 Å². The van der Waals surface area contributed by atoms with Crippen molar-refractivity contribution in [3.8, 4) is 0 Å². The topological polar surface area (TPSA) is 110 Å². The molecule has 1 aromatic carbocycles. The second kappa shape index (κ2) is 8.25. The molecule has 2 aromatic rings. The van der Waals surface area contributed by atoms with E-state index in [1.165, 1.54) is 28.4 Å². The van der Waals surface area contributed by atoms with Gasteiger partial charge in [-0.1, -0.05) is 32.9 Å². The average molecular weight is 438 g/mol. The molecular formula is C20H27N3O4S2. The number of thiophene rings is 1. The number of aryl methyl sites for hydroxylation is 1. The summed E-state index contributed by atoms with van der Waals surface area (Å²) in [7, 11) is -2.17. The Morgan fingerprint density at radius 3 is 2.38 bits per heavy atom. The molecular weight excluding hydrogens is 410 g/mol. The molecule has 0 bridgehead atoms. The second-order valence-corrected chi connectivity index (χ2v) is 10.7. The van der Waals surface area contributed by atoms with Crippen molar-refractivity contribution in [3.05, 3.63) is 46.3 Å². The first-order valence-corrected chi connectivity index (χ1v) is 11.4. The van der Waals surface area contributed by atoms with E-state index in [1.807, 2.05) is 34.6 Å². The van der Waals surface area contributed by atoms with Gasteiger partial charge in [0.2, 0.25) is 15.9 Å².